The van der Waals surface area contributed by atoms with Crippen molar-refractivity contribution in [1.29, 1.82) is 0 Å². The fraction of sp³-hybridized carbons (Fsp3) is 0.250. The lowest BCUT2D eigenvalue weighted by atomic mass is 10.3. The fourth-order valence-electron chi connectivity index (χ4n) is 2.14. The lowest BCUT2D eigenvalue weighted by molar-refractivity contribution is 0.395. The van der Waals surface area contributed by atoms with E-state index >= 15 is 0 Å². The molecule has 24 heavy (non-hydrogen) atoms. The molecule has 2 aromatic rings. The number of nitrogens with zero attached hydrogens (tertiary/aromatic N) is 1. The molecule has 130 valence electrons. The van der Waals surface area contributed by atoms with Crippen LogP contribution in [0.4, 0.5) is 5.69 Å². The Balaban J connectivity index is 2.48. The molecule has 0 aliphatic carbocycles. The van der Waals surface area contributed by atoms with Crippen molar-refractivity contribution in [2.75, 3.05) is 32.7 Å². The second-order valence-electron chi connectivity index (χ2n) is 4.81. The summed E-state index contributed by atoms with van der Waals surface area (Å²) in [6.07, 6.45) is 0. The lowest BCUT2D eigenvalue weighted by Crippen LogP contribution is -2.27. The van der Waals surface area contributed by atoms with E-state index in [1.807, 2.05) is 0 Å². The maximum Gasteiger partial charge on any atom is 0.264 e. The summed E-state index contributed by atoms with van der Waals surface area (Å²) in [6.45, 7) is 0. The maximum absolute atomic E-state index is 12.9. The first-order valence-corrected chi connectivity index (χ1v) is 9.13. The molecule has 0 atom stereocenters. The average Bonchev–Trinajstić information content (AvgIpc) is 2.60. The Morgan fingerprint density at radius 1 is 0.917 bits per heavy atom. The first-order chi connectivity index (χ1) is 11.3. The van der Waals surface area contributed by atoms with Gasteiger partial charge in [-0.15, -0.1) is 0 Å². The first-order valence-electron chi connectivity index (χ1n) is 6.89. The maximum atomic E-state index is 12.9. The monoisotopic (exact) mass is 415 g/mol. The molecule has 2 aromatic carbocycles. The molecule has 6 nitrogen and oxygen atoms in total. The SMILES string of the molecule is COc1ccc(N(C)S(=O)(=O)c2ccc(OC)c(Br)c2)c(OC)c1. The minimum atomic E-state index is -3.76. The van der Waals surface area contributed by atoms with Gasteiger partial charge in [-0.3, -0.25) is 4.31 Å². The predicted molar refractivity (Wildman–Crippen MR) is 95.8 cm³/mol. The molecular weight excluding hydrogens is 398 g/mol. The van der Waals surface area contributed by atoms with E-state index in [1.165, 1.54) is 44.8 Å². The van der Waals surface area contributed by atoms with Crippen LogP contribution in [0.1, 0.15) is 0 Å². The first kappa shape index (κ1) is 18.4. The van der Waals surface area contributed by atoms with Gasteiger partial charge in [-0.05, 0) is 46.3 Å². The van der Waals surface area contributed by atoms with Crippen LogP contribution in [0.15, 0.2) is 45.8 Å². The number of anilines is 1. The van der Waals surface area contributed by atoms with Gasteiger partial charge >= 0.3 is 0 Å². The normalized spacial score (nSPS) is 11.0. The summed E-state index contributed by atoms with van der Waals surface area (Å²) in [6, 6.07) is 9.52. The van der Waals surface area contributed by atoms with Gasteiger partial charge in [-0.2, -0.15) is 0 Å². The largest absolute Gasteiger partial charge is 0.497 e. The fourth-order valence-corrected chi connectivity index (χ4v) is 4.07. The van der Waals surface area contributed by atoms with Gasteiger partial charge in [-0.1, -0.05) is 0 Å². The third-order valence-corrected chi connectivity index (χ3v) is 5.89. The van der Waals surface area contributed by atoms with Crippen molar-refractivity contribution in [3.8, 4) is 17.2 Å². The number of halogens is 1. The van der Waals surface area contributed by atoms with E-state index in [4.69, 9.17) is 14.2 Å². The van der Waals surface area contributed by atoms with Crippen LogP contribution in [0, 0.1) is 0 Å². The summed E-state index contributed by atoms with van der Waals surface area (Å²) >= 11 is 3.30. The van der Waals surface area contributed by atoms with Crippen LogP contribution >= 0.6 is 15.9 Å². The van der Waals surface area contributed by atoms with Crippen molar-refractivity contribution in [3.63, 3.8) is 0 Å². The molecule has 0 amide bonds. The molecule has 0 fully saturated rings. The van der Waals surface area contributed by atoms with E-state index in [-0.39, 0.29) is 4.90 Å². The van der Waals surface area contributed by atoms with E-state index in [2.05, 4.69) is 15.9 Å². The van der Waals surface area contributed by atoms with Gasteiger partial charge in [0.25, 0.3) is 10.0 Å². The van der Waals surface area contributed by atoms with Crippen LogP contribution in [0.25, 0.3) is 0 Å². The van der Waals surface area contributed by atoms with Gasteiger partial charge in [-0.25, -0.2) is 8.42 Å². The molecule has 0 heterocycles. The molecule has 0 spiro atoms. The molecule has 8 heteroatoms. The molecule has 0 aliphatic heterocycles. The zero-order valence-electron chi connectivity index (χ0n) is 13.7. The van der Waals surface area contributed by atoms with Crippen LogP contribution in [-0.2, 0) is 10.0 Å². The van der Waals surface area contributed by atoms with Gasteiger partial charge in [0.05, 0.1) is 36.4 Å². The molecule has 0 radical (unpaired) electrons. The summed E-state index contributed by atoms with van der Waals surface area (Å²) in [5.41, 5.74) is 0.408. The van der Waals surface area contributed by atoms with Crippen molar-refractivity contribution < 1.29 is 22.6 Å². The van der Waals surface area contributed by atoms with Crippen molar-refractivity contribution in [2.45, 2.75) is 4.90 Å². The van der Waals surface area contributed by atoms with Crippen LogP contribution < -0.4 is 18.5 Å². The minimum absolute atomic E-state index is 0.135. The number of sulfonamides is 1. The Morgan fingerprint density at radius 2 is 1.58 bits per heavy atom. The third-order valence-electron chi connectivity index (χ3n) is 3.51. The van der Waals surface area contributed by atoms with Gasteiger partial charge < -0.3 is 14.2 Å². The molecule has 0 saturated carbocycles. The Kier molecular flexibility index (Phi) is 5.61. The zero-order chi connectivity index (χ0) is 17.9. The van der Waals surface area contributed by atoms with E-state index in [0.717, 1.165) is 0 Å². The highest BCUT2D eigenvalue weighted by Gasteiger charge is 2.25. The topological polar surface area (TPSA) is 65.1 Å². The van der Waals surface area contributed by atoms with Crippen molar-refractivity contribution in [3.05, 3.63) is 40.9 Å². The molecule has 0 saturated heterocycles. The van der Waals surface area contributed by atoms with Gasteiger partial charge in [0.15, 0.2) is 0 Å². The van der Waals surface area contributed by atoms with Crippen molar-refractivity contribution in [1.82, 2.24) is 0 Å². The Morgan fingerprint density at radius 3 is 2.12 bits per heavy atom. The van der Waals surface area contributed by atoms with E-state index in [1.54, 1.807) is 24.3 Å². The Labute approximate surface area is 150 Å². The van der Waals surface area contributed by atoms with E-state index < -0.39 is 10.0 Å². The number of ether oxygens (including phenoxy) is 3. The summed E-state index contributed by atoms with van der Waals surface area (Å²) < 4.78 is 43.0. The lowest BCUT2D eigenvalue weighted by Gasteiger charge is -2.22. The highest BCUT2D eigenvalue weighted by atomic mass is 79.9. The third kappa shape index (κ3) is 3.44. The summed E-state index contributed by atoms with van der Waals surface area (Å²) in [7, 11) is 2.23. The average molecular weight is 416 g/mol. The second kappa shape index (κ2) is 7.31. The molecule has 0 aliphatic rings. The van der Waals surface area contributed by atoms with Gasteiger partial charge in [0.2, 0.25) is 0 Å². The number of methoxy groups -OCH3 is 3. The molecule has 0 unspecified atom stereocenters. The van der Waals surface area contributed by atoms with E-state index in [0.29, 0.717) is 27.4 Å². The standard InChI is InChI=1S/C16H18BrNO5S/c1-18(14-7-5-11(21-2)9-16(14)23-4)24(19,20)12-6-8-15(22-3)13(17)10-12/h5-10H,1-4H3. The molecule has 0 aromatic heterocycles. The summed E-state index contributed by atoms with van der Waals surface area (Å²) in [5, 5.41) is 0. The van der Waals surface area contributed by atoms with Crippen LogP contribution in [-0.4, -0.2) is 36.8 Å². The minimum Gasteiger partial charge on any atom is -0.497 e. The zero-order valence-corrected chi connectivity index (χ0v) is 16.1. The summed E-state index contributed by atoms with van der Waals surface area (Å²) in [4.78, 5) is 0.135. The Hall–Kier alpha value is -1.93. The number of hydrogen-bond acceptors (Lipinski definition) is 5. The van der Waals surface area contributed by atoms with Crippen molar-refractivity contribution >= 4 is 31.6 Å². The number of benzene rings is 2. The van der Waals surface area contributed by atoms with Crippen molar-refractivity contribution in [2.24, 2.45) is 0 Å². The van der Waals surface area contributed by atoms with Crippen LogP contribution in [0.5, 0.6) is 17.2 Å². The molecule has 0 bridgehead atoms. The van der Waals surface area contributed by atoms with Gasteiger partial charge in [0.1, 0.15) is 17.2 Å². The highest BCUT2D eigenvalue weighted by Crippen LogP contribution is 2.35. The second-order valence-corrected chi connectivity index (χ2v) is 7.63. The molecule has 2 rings (SSSR count). The van der Waals surface area contributed by atoms with Crippen LogP contribution in [0.3, 0.4) is 0 Å². The predicted octanol–water partition coefficient (Wildman–Crippen LogP) is 3.30. The quantitative estimate of drug-likeness (QED) is 0.723. The molecule has 0 N–H and O–H groups in total. The smallest absolute Gasteiger partial charge is 0.264 e. The van der Waals surface area contributed by atoms with Crippen LogP contribution in [0.2, 0.25) is 0 Å². The van der Waals surface area contributed by atoms with E-state index in [9.17, 15) is 8.42 Å². The summed E-state index contributed by atoms with van der Waals surface area (Å²) in [5.74, 6) is 1.53. The number of hydrogen-bond donors (Lipinski definition) is 0. The van der Waals surface area contributed by atoms with Gasteiger partial charge in [0, 0.05) is 13.1 Å². The molecular formula is C16H18BrNO5S. The number of rotatable bonds is 6. The highest BCUT2D eigenvalue weighted by molar-refractivity contribution is 9.10. The Bertz CT molecular complexity index is 838.